The van der Waals surface area contributed by atoms with Crippen molar-refractivity contribution in [3.05, 3.63) is 42.5 Å². The van der Waals surface area contributed by atoms with Gasteiger partial charge < -0.3 is 14.2 Å². The molecule has 8 nitrogen and oxygen atoms in total. The molecule has 0 saturated carbocycles. The van der Waals surface area contributed by atoms with Crippen molar-refractivity contribution >= 4 is 11.8 Å². The molecule has 3 aromatic rings. The van der Waals surface area contributed by atoms with Crippen LogP contribution in [0.4, 0.5) is 5.82 Å². The van der Waals surface area contributed by atoms with Crippen molar-refractivity contribution in [2.45, 2.75) is 19.8 Å². The molecule has 144 valence electrons. The quantitative estimate of drug-likeness (QED) is 0.625. The molecule has 8 heteroatoms. The number of ether oxygens (including phenoxy) is 1. The Balaban J connectivity index is 1.47. The van der Waals surface area contributed by atoms with Crippen molar-refractivity contribution < 1.29 is 14.1 Å². The van der Waals surface area contributed by atoms with Crippen LogP contribution in [0.2, 0.25) is 0 Å². The number of piperidine rings is 1. The van der Waals surface area contributed by atoms with E-state index in [1.165, 1.54) is 0 Å². The Morgan fingerprint density at radius 2 is 2.07 bits per heavy atom. The Kier molecular flexibility index (Phi) is 5.27. The van der Waals surface area contributed by atoms with Crippen LogP contribution >= 0.6 is 0 Å². The highest BCUT2D eigenvalue weighted by atomic mass is 16.5. The number of hydrogen-bond acceptors (Lipinski definition) is 8. The lowest BCUT2D eigenvalue weighted by atomic mass is 9.98. The summed E-state index contributed by atoms with van der Waals surface area (Å²) in [4.78, 5) is 18.5. The van der Waals surface area contributed by atoms with Crippen LogP contribution in [0, 0.1) is 5.92 Å². The molecule has 1 aliphatic heterocycles. The van der Waals surface area contributed by atoms with Gasteiger partial charge in [-0.3, -0.25) is 4.79 Å². The van der Waals surface area contributed by atoms with Gasteiger partial charge in [0.15, 0.2) is 11.5 Å². The molecule has 0 N–H and O–H groups in total. The van der Waals surface area contributed by atoms with E-state index in [1.54, 1.807) is 6.07 Å². The van der Waals surface area contributed by atoms with Gasteiger partial charge in [0, 0.05) is 18.7 Å². The molecule has 1 atom stereocenters. The summed E-state index contributed by atoms with van der Waals surface area (Å²) in [6, 6.07) is 13.3. The summed E-state index contributed by atoms with van der Waals surface area (Å²) in [5.74, 6) is 1.28. The number of carbonyl (C=O) groups is 1. The molecular weight excluding hydrogens is 358 g/mol. The fraction of sp³-hybridized carbons (Fsp3) is 0.350. The lowest BCUT2D eigenvalue weighted by Gasteiger charge is -2.31. The summed E-state index contributed by atoms with van der Waals surface area (Å²) >= 11 is 0. The number of anilines is 1. The first-order chi connectivity index (χ1) is 13.7. The zero-order valence-corrected chi connectivity index (χ0v) is 15.6. The van der Waals surface area contributed by atoms with Crippen LogP contribution in [0.15, 0.2) is 47.0 Å². The molecule has 1 saturated heterocycles. The van der Waals surface area contributed by atoms with Gasteiger partial charge in [0.25, 0.3) is 5.89 Å². The highest BCUT2D eigenvalue weighted by Gasteiger charge is 2.27. The number of carbonyl (C=O) groups excluding carboxylic acids is 1. The van der Waals surface area contributed by atoms with Crippen molar-refractivity contribution in [1.82, 2.24) is 20.3 Å². The minimum Gasteiger partial charge on any atom is -0.466 e. The maximum Gasteiger partial charge on any atom is 0.310 e. The molecule has 28 heavy (non-hydrogen) atoms. The van der Waals surface area contributed by atoms with Crippen molar-refractivity contribution in [3.8, 4) is 23.0 Å². The third kappa shape index (κ3) is 3.85. The van der Waals surface area contributed by atoms with Gasteiger partial charge in [0.1, 0.15) is 0 Å². The minimum atomic E-state index is -0.143. The highest BCUT2D eigenvalue weighted by Crippen LogP contribution is 2.24. The Bertz CT molecular complexity index is 927. The Morgan fingerprint density at radius 1 is 1.21 bits per heavy atom. The molecule has 4 rings (SSSR count). The SMILES string of the molecule is CCOC(=O)[C@H]1CCCN(c2ccc(-c3nc(-c4ccccc4)no3)nn2)C1. The third-order valence-corrected chi connectivity index (χ3v) is 4.69. The summed E-state index contributed by atoms with van der Waals surface area (Å²) in [7, 11) is 0. The lowest BCUT2D eigenvalue weighted by molar-refractivity contribution is -0.148. The number of hydrogen-bond donors (Lipinski definition) is 0. The predicted molar refractivity (Wildman–Crippen MR) is 102 cm³/mol. The van der Waals surface area contributed by atoms with E-state index in [9.17, 15) is 4.79 Å². The first-order valence-corrected chi connectivity index (χ1v) is 9.39. The van der Waals surface area contributed by atoms with Crippen LogP contribution in [0.5, 0.6) is 0 Å². The fourth-order valence-electron chi connectivity index (χ4n) is 3.28. The molecule has 0 radical (unpaired) electrons. The van der Waals surface area contributed by atoms with Gasteiger partial charge in [0.2, 0.25) is 5.82 Å². The predicted octanol–water partition coefficient (Wildman–Crippen LogP) is 2.97. The largest absolute Gasteiger partial charge is 0.466 e. The van der Waals surface area contributed by atoms with Gasteiger partial charge >= 0.3 is 5.97 Å². The van der Waals surface area contributed by atoms with Crippen molar-refractivity contribution in [2.75, 3.05) is 24.6 Å². The average Bonchev–Trinajstić information content (AvgIpc) is 3.25. The van der Waals surface area contributed by atoms with Crippen LogP contribution in [0.1, 0.15) is 19.8 Å². The number of rotatable bonds is 5. The molecule has 1 aliphatic rings. The number of aromatic nitrogens is 4. The second-order valence-corrected chi connectivity index (χ2v) is 6.60. The van der Waals surface area contributed by atoms with Gasteiger partial charge in [-0.25, -0.2) is 0 Å². The summed E-state index contributed by atoms with van der Waals surface area (Å²) in [6.07, 6.45) is 1.75. The summed E-state index contributed by atoms with van der Waals surface area (Å²) in [6.45, 7) is 3.65. The molecule has 3 heterocycles. The topological polar surface area (TPSA) is 94.2 Å². The molecule has 0 bridgehead atoms. The summed E-state index contributed by atoms with van der Waals surface area (Å²) in [5.41, 5.74) is 1.39. The van der Waals surface area contributed by atoms with E-state index in [1.807, 2.05) is 43.3 Å². The van der Waals surface area contributed by atoms with E-state index < -0.39 is 0 Å². The number of nitrogens with zero attached hydrogens (tertiary/aromatic N) is 5. The van der Waals surface area contributed by atoms with Gasteiger partial charge in [-0.15, -0.1) is 10.2 Å². The summed E-state index contributed by atoms with van der Waals surface area (Å²) < 4.78 is 10.5. The van der Waals surface area contributed by atoms with Crippen LogP contribution in [0.25, 0.3) is 23.0 Å². The molecule has 1 fully saturated rings. The van der Waals surface area contributed by atoms with Crippen molar-refractivity contribution in [2.24, 2.45) is 5.92 Å². The van der Waals surface area contributed by atoms with Crippen molar-refractivity contribution in [3.63, 3.8) is 0 Å². The molecule has 0 amide bonds. The molecule has 0 aliphatic carbocycles. The average molecular weight is 379 g/mol. The van der Waals surface area contributed by atoms with Gasteiger partial charge in [-0.1, -0.05) is 35.5 Å². The number of esters is 1. The van der Waals surface area contributed by atoms with Crippen molar-refractivity contribution in [1.29, 1.82) is 0 Å². The first kappa shape index (κ1) is 18.1. The molecule has 1 aromatic carbocycles. The Labute approximate surface area is 162 Å². The van der Waals surface area contributed by atoms with Gasteiger partial charge in [0.05, 0.1) is 12.5 Å². The van der Waals surface area contributed by atoms with E-state index in [0.29, 0.717) is 30.6 Å². The van der Waals surface area contributed by atoms with E-state index >= 15 is 0 Å². The maximum absolute atomic E-state index is 12.0. The van der Waals surface area contributed by atoms with E-state index in [0.717, 1.165) is 30.8 Å². The van der Waals surface area contributed by atoms with Crippen LogP contribution in [0.3, 0.4) is 0 Å². The van der Waals surface area contributed by atoms with Crippen LogP contribution in [-0.4, -0.2) is 46.0 Å². The van der Waals surface area contributed by atoms with Gasteiger partial charge in [-0.2, -0.15) is 4.98 Å². The minimum absolute atomic E-state index is 0.125. The molecule has 2 aromatic heterocycles. The zero-order valence-electron chi connectivity index (χ0n) is 15.6. The Morgan fingerprint density at radius 3 is 2.82 bits per heavy atom. The van der Waals surface area contributed by atoms with Crippen LogP contribution < -0.4 is 4.90 Å². The van der Waals surface area contributed by atoms with E-state index in [-0.39, 0.29) is 11.9 Å². The fourth-order valence-corrected chi connectivity index (χ4v) is 3.28. The van der Waals surface area contributed by atoms with E-state index in [2.05, 4.69) is 25.2 Å². The Hall–Kier alpha value is -3.29. The normalized spacial score (nSPS) is 16.8. The second-order valence-electron chi connectivity index (χ2n) is 6.60. The smallest absolute Gasteiger partial charge is 0.310 e. The second kappa shape index (κ2) is 8.16. The maximum atomic E-state index is 12.0. The zero-order chi connectivity index (χ0) is 19.3. The number of benzene rings is 1. The highest BCUT2D eigenvalue weighted by molar-refractivity contribution is 5.73. The lowest BCUT2D eigenvalue weighted by Crippen LogP contribution is -2.39. The molecule has 0 unspecified atom stereocenters. The monoisotopic (exact) mass is 379 g/mol. The summed E-state index contributed by atoms with van der Waals surface area (Å²) in [5, 5.41) is 12.5. The first-order valence-electron chi connectivity index (χ1n) is 9.39. The van der Waals surface area contributed by atoms with Crippen LogP contribution in [-0.2, 0) is 9.53 Å². The van der Waals surface area contributed by atoms with Gasteiger partial charge in [-0.05, 0) is 31.9 Å². The third-order valence-electron chi connectivity index (χ3n) is 4.69. The molecular formula is C20H21N5O3. The standard InChI is InChI=1S/C20H21N5O3/c1-2-27-20(26)15-9-6-12-25(13-15)17-11-10-16(22-23-17)19-21-18(24-28-19)14-7-4-3-5-8-14/h3-5,7-8,10-11,15H,2,6,9,12-13H2,1H3/t15-/m0/s1. The van der Waals surface area contributed by atoms with E-state index in [4.69, 9.17) is 9.26 Å². The molecule has 0 spiro atoms.